The lowest BCUT2D eigenvalue weighted by Gasteiger charge is -2.04. The molecule has 3 nitrogen and oxygen atoms in total. The zero-order chi connectivity index (χ0) is 12.6. The molecule has 0 spiro atoms. The molecule has 0 amide bonds. The topological polar surface area (TPSA) is 52.0 Å². The van der Waals surface area contributed by atoms with Gasteiger partial charge in [0.05, 0.1) is 11.3 Å². The first-order valence-corrected chi connectivity index (χ1v) is 5.20. The van der Waals surface area contributed by atoms with Crippen molar-refractivity contribution in [3.8, 4) is 11.3 Å². The standard InChI is InChI=1S/C12H12F2N2O/c1-6(2)10-11(17-12(15)16-10)8-4-3-7(13)5-9(8)14/h3-6H,1-2H3,(H2,15,16). The second kappa shape index (κ2) is 4.16. The largest absolute Gasteiger partial charge is 0.423 e. The second-order valence-electron chi connectivity index (χ2n) is 4.05. The fourth-order valence-electron chi connectivity index (χ4n) is 1.61. The van der Waals surface area contributed by atoms with Gasteiger partial charge in [-0.05, 0) is 18.1 Å². The van der Waals surface area contributed by atoms with Crippen LogP contribution in [0.15, 0.2) is 22.6 Å². The molecule has 2 N–H and O–H groups in total. The molecule has 0 aliphatic heterocycles. The number of nitrogens with two attached hydrogens (primary N) is 1. The Morgan fingerprint density at radius 3 is 2.59 bits per heavy atom. The average molecular weight is 238 g/mol. The van der Waals surface area contributed by atoms with Gasteiger partial charge in [-0.1, -0.05) is 13.8 Å². The monoisotopic (exact) mass is 238 g/mol. The SMILES string of the molecule is CC(C)c1nc(N)oc1-c1ccc(F)cc1F. The first-order chi connectivity index (χ1) is 7.99. The van der Waals surface area contributed by atoms with Gasteiger partial charge in [-0.25, -0.2) is 8.78 Å². The lowest BCUT2D eigenvalue weighted by Crippen LogP contribution is -1.93. The molecular formula is C12H12F2N2O. The highest BCUT2D eigenvalue weighted by Gasteiger charge is 2.19. The zero-order valence-corrected chi connectivity index (χ0v) is 9.50. The number of hydrogen-bond donors (Lipinski definition) is 1. The van der Waals surface area contributed by atoms with Crippen LogP contribution in [-0.2, 0) is 0 Å². The minimum Gasteiger partial charge on any atom is -0.423 e. The summed E-state index contributed by atoms with van der Waals surface area (Å²) < 4.78 is 31.6. The van der Waals surface area contributed by atoms with Crippen molar-refractivity contribution in [2.75, 3.05) is 5.73 Å². The number of nitrogens with zero attached hydrogens (tertiary/aromatic N) is 1. The van der Waals surface area contributed by atoms with E-state index in [9.17, 15) is 8.78 Å². The van der Waals surface area contributed by atoms with Gasteiger partial charge in [0, 0.05) is 6.07 Å². The van der Waals surface area contributed by atoms with E-state index >= 15 is 0 Å². The number of anilines is 1. The Kier molecular flexibility index (Phi) is 2.83. The van der Waals surface area contributed by atoms with Crippen LogP contribution in [0.4, 0.5) is 14.8 Å². The van der Waals surface area contributed by atoms with Crippen LogP contribution in [-0.4, -0.2) is 4.98 Å². The Morgan fingerprint density at radius 1 is 1.29 bits per heavy atom. The predicted molar refractivity (Wildman–Crippen MR) is 60.4 cm³/mol. The van der Waals surface area contributed by atoms with E-state index in [1.165, 1.54) is 12.1 Å². The van der Waals surface area contributed by atoms with Gasteiger partial charge in [0.1, 0.15) is 11.6 Å². The van der Waals surface area contributed by atoms with Gasteiger partial charge in [-0.3, -0.25) is 0 Å². The molecule has 17 heavy (non-hydrogen) atoms. The Balaban J connectivity index is 2.59. The summed E-state index contributed by atoms with van der Waals surface area (Å²) in [6.07, 6.45) is 0. The predicted octanol–water partition coefficient (Wildman–Crippen LogP) is 3.33. The van der Waals surface area contributed by atoms with E-state index in [4.69, 9.17) is 10.2 Å². The molecule has 0 aliphatic carbocycles. The van der Waals surface area contributed by atoms with Crippen molar-refractivity contribution in [2.24, 2.45) is 0 Å². The maximum Gasteiger partial charge on any atom is 0.292 e. The van der Waals surface area contributed by atoms with Crippen molar-refractivity contribution < 1.29 is 13.2 Å². The molecule has 0 fully saturated rings. The Morgan fingerprint density at radius 2 is 2.00 bits per heavy atom. The highest BCUT2D eigenvalue weighted by Crippen LogP contribution is 2.32. The number of hydrogen-bond acceptors (Lipinski definition) is 3. The fraction of sp³-hybridized carbons (Fsp3) is 0.250. The van der Waals surface area contributed by atoms with Crippen LogP contribution in [0, 0.1) is 11.6 Å². The van der Waals surface area contributed by atoms with E-state index in [2.05, 4.69) is 4.98 Å². The Hall–Kier alpha value is -1.91. The van der Waals surface area contributed by atoms with Gasteiger partial charge in [0.2, 0.25) is 0 Å². The van der Waals surface area contributed by atoms with Crippen molar-refractivity contribution in [1.82, 2.24) is 4.98 Å². The molecule has 0 aliphatic rings. The number of nitrogen functional groups attached to an aromatic ring is 1. The van der Waals surface area contributed by atoms with E-state index in [1.807, 2.05) is 13.8 Å². The number of oxazole rings is 1. The van der Waals surface area contributed by atoms with Gasteiger partial charge >= 0.3 is 0 Å². The first kappa shape index (κ1) is 11.6. The van der Waals surface area contributed by atoms with Gasteiger partial charge in [-0.2, -0.15) is 4.98 Å². The van der Waals surface area contributed by atoms with E-state index < -0.39 is 11.6 Å². The van der Waals surface area contributed by atoms with Crippen molar-refractivity contribution in [3.63, 3.8) is 0 Å². The van der Waals surface area contributed by atoms with Gasteiger partial charge < -0.3 is 10.2 Å². The molecule has 5 heteroatoms. The third-order valence-electron chi connectivity index (χ3n) is 2.39. The van der Waals surface area contributed by atoms with Crippen LogP contribution >= 0.6 is 0 Å². The Bertz CT molecular complexity index is 549. The zero-order valence-electron chi connectivity index (χ0n) is 9.50. The summed E-state index contributed by atoms with van der Waals surface area (Å²) in [5.41, 5.74) is 6.19. The molecule has 0 atom stereocenters. The van der Waals surface area contributed by atoms with E-state index in [-0.39, 0.29) is 23.3 Å². The minimum absolute atomic E-state index is 0.0209. The third kappa shape index (κ3) is 2.13. The molecule has 0 radical (unpaired) electrons. The van der Waals surface area contributed by atoms with E-state index in [1.54, 1.807) is 0 Å². The number of rotatable bonds is 2. The molecule has 0 saturated heterocycles. The smallest absolute Gasteiger partial charge is 0.292 e. The van der Waals surface area contributed by atoms with Crippen molar-refractivity contribution >= 4 is 6.01 Å². The molecule has 0 unspecified atom stereocenters. The van der Waals surface area contributed by atoms with Crippen LogP contribution in [0.25, 0.3) is 11.3 Å². The van der Waals surface area contributed by atoms with Crippen LogP contribution < -0.4 is 5.73 Å². The average Bonchev–Trinajstić information content (AvgIpc) is 2.60. The molecule has 1 aromatic carbocycles. The number of halogens is 2. The summed E-state index contributed by atoms with van der Waals surface area (Å²) in [7, 11) is 0. The van der Waals surface area contributed by atoms with Crippen molar-refractivity contribution in [2.45, 2.75) is 19.8 Å². The molecular weight excluding hydrogens is 226 g/mol. The molecule has 1 aromatic heterocycles. The van der Waals surface area contributed by atoms with E-state index in [0.717, 1.165) is 6.07 Å². The summed E-state index contributed by atoms with van der Waals surface area (Å²) in [6, 6.07) is 3.27. The molecule has 0 bridgehead atoms. The highest BCUT2D eigenvalue weighted by molar-refractivity contribution is 5.62. The molecule has 0 saturated carbocycles. The van der Waals surface area contributed by atoms with Crippen LogP contribution in [0.1, 0.15) is 25.5 Å². The van der Waals surface area contributed by atoms with Crippen LogP contribution in [0.5, 0.6) is 0 Å². The summed E-state index contributed by atoms with van der Waals surface area (Å²) in [5.74, 6) is -1.03. The van der Waals surface area contributed by atoms with Crippen LogP contribution in [0.3, 0.4) is 0 Å². The molecule has 1 heterocycles. The van der Waals surface area contributed by atoms with Gasteiger partial charge in [0.15, 0.2) is 5.76 Å². The summed E-state index contributed by atoms with van der Waals surface area (Å²) >= 11 is 0. The maximum atomic E-state index is 13.6. The van der Waals surface area contributed by atoms with Crippen molar-refractivity contribution in [3.05, 3.63) is 35.5 Å². The quantitative estimate of drug-likeness (QED) is 0.873. The molecule has 2 rings (SSSR count). The maximum absolute atomic E-state index is 13.6. The van der Waals surface area contributed by atoms with Gasteiger partial charge in [0.25, 0.3) is 6.01 Å². The van der Waals surface area contributed by atoms with Crippen LogP contribution in [0.2, 0.25) is 0 Å². The second-order valence-corrected chi connectivity index (χ2v) is 4.05. The first-order valence-electron chi connectivity index (χ1n) is 5.20. The fourth-order valence-corrected chi connectivity index (χ4v) is 1.61. The summed E-state index contributed by atoms with van der Waals surface area (Å²) in [6.45, 7) is 3.78. The summed E-state index contributed by atoms with van der Waals surface area (Å²) in [5, 5.41) is 0. The van der Waals surface area contributed by atoms with Crippen molar-refractivity contribution in [1.29, 1.82) is 0 Å². The third-order valence-corrected chi connectivity index (χ3v) is 2.39. The molecule has 2 aromatic rings. The Labute approximate surface area is 97.3 Å². The lowest BCUT2D eigenvalue weighted by molar-refractivity contribution is 0.565. The minimum atomic E-state index is -0.692. The highest BCUT2D eigenvalue weighted by atomic mass is 19.1. The number of benzene rings is 1. The van der Waals surface area contributed by atoms with Gasteiger partial charge in [-0.15, -0.1) is 0 Å². The normalized spacial score (nSPS) is 11.1. The summed E-state index contributed by atoms with van der Waals surface area (Å²) in [4.78, 5) is 4.00. The molecule has 90 valence electrons. The number of aromatic nitrogens is 1. The van der Waals surface area contributed by atoms with E-state index in [0.29, 0.717) is 5.69 Å². The lowest BCUT2D eigenvalue weighted by atomic mass is 10.0.